The summed E-state index contributed by atoms with van der Waals surface area (Å²) >= 11 is 3.62. The van der Waals surface area contributed by atoms with E-state index in [1.54, 1.807) is 0 Å². The quantitative estimate of drug-likeness (QED) is 0.392. The van der Waals surface area contributed by atoms with Crippen molar-refractivity contribution in [2.45, 2.75) is 13.8 Å². The number of benzene rings is 1. The molecule has 0 aliphatic rings. The first kappa shape index (κ1) is 10.6. The van der Waals surface area contributed by atoms with Gasteiger partial charge in [0.1, 0.15) is 0 Å². The van der Waals surface area contributed by atoms with Gasteiger partial charge in [0.05, 0.1) is 0 Å². The third-order valence-electron chi connectivity index (χ3n) is 1.12. The molecular formula is C8H9IZn. The van der Waals surface area contributed by atoms with E-state index in [1.165, 1.54) is 25.9 Å². The van der Waals surface area contributed by atoms with Gasteiger partial charge >= 0.3 is 34.5 Å². The molecule has 2 heteroatoms. The van der Waals surface area contributed by atoms with E-state index in [0.717, 1.165) is 0 Å². The summed E-state index contributed by atoms with van der Waals surface area (Å²) < 4.78 is 0. The monoisotopic (exact) mass is 296 g/mol. The second kappa shape index (κ2) is 6.29. The van der Waals surface area contributed by atoms with Crippen molar-refractivity contribution in [3.63, 3.8) is 0 Å². The Balaban J connectivity index is 0.000000371. The predicted octanol–water partition coefficient (Wildman–Crippen LogP) is 2.99. The van der Waals surface area contributed by atoms with Crippen molar-refractivity contribution in [1.29, 1.82) is 0 Å². The van der Waals surface area contributed by atoms with Crippen molar-refractivity contribution < 1.29 is 14.8 Å². The Morgan fingerprint density at radius 2 is 1.90 bits per heavy atom. The molecule has 0 fully saturated rings. The average Bonchev–Trinajstić information content (AvgIpc) is 2.00. The van der Waals surface area contributed by atoms with Crippen LogP contribution in [0.5, 0.6) is 0 Å². The number of hydrogen-bond acceptors (Lipinski definition) is 0. The zero-order valence-electron chi connectivity index (χ0n) is 6.32. The standard InChI is InChI=1S/C8H9.HI.Zn/c1-7-3-5-8(2)6-4-7;;/h3-5H,1-2H3;1H;/q-1;;+2/p-1. The van der Waals surface area contributed by atoms with Crippen LogP contribution in [0.15, 0.2) is 18.2 Å². The maximum absolute atomic E-state index is 3.10. The molecule has 0 radical (unpaired) electrons. The van der Waals surface area contributed by atoms with Gasteiger partial charge in [0.25, 0.3) is 0 Å². The summed E-state index contributed by atoms with van der Waals surface area (Å²) in [6, 6.07) is 9.25. The van der Waals surface area contributed by atoms with Crippen LogP contribution in [-0.4, -0.2) is 0 Å². The Morgan fingerprint density at radius 1 is 1.30 bits per heavy atom. The first-order valence-corrected chi connectivity index (χ1v) is 12.1. The first-order valence-electron chi connectivity index (χ1n) is 3.01. The molecule has 0 bridgehead atoms. The molecule has 50 valence electrons. The SMILES string of the molecule is Cc1[c-]cc(C)cc1.[Zn+][I]. The summed E-state index contributed by atoms with van der Waals surface area (Å²) in [4.78, 5) is 0. The molecule has 1 aromatic rings. The van der Waals surface area contributed by atoms with Crippen molar-refractivity contribution in [2.75, 3.05) is 0 Å². The second-order valence-corrected chi connectivity index (χ2v) is 2.05. The molecule has 0 atom stereocenters. The van der Waals surface area contributed by atoms with E-state index < -0.39 is 0 Å². The van der Waals surface area contributed by atoms with E-state index in [1.807, 2.05) is 13.0 Å². The van der Waals surface area contributed by atoms with Crippen LogP contribution < -0.4 is 0 Å². The predicted molar refractivity (Wildman–Crippen MR) is 48.8 cm³/mol. The summed E-state index contributed by atoms with van der Waals surface area (Å²) in [5.74, 6) is 0. The molecule has 10 heavy (non-hydrogen) atoms. The summed E-state index contributed by atoms with van der Waals surface area (Å²) in [7, 11) is 0. The van der Waals surface area contributed by atoms with Gasteiger partial charge < -0.3 is 0 Å². The summed E-state index contributed by atoms with van der Waals surface area (Å²) in [5, 5.41) is 0. The fourth-order valence-electron chi connectivity index (χ4n) is 0.580. The van der Waals surface area contributed by atoms with Crippen LogP contribution in [-0.2, 0) is 14.8 Å². The van der Waals surface area contributed by atoms with E-state index in [9.17, 15) is 0 Å². The normalized spacial score (nSPS) is 8.10. The average molecular weight is 297 g/mol. The van der Waals surface area contributed by atoms with Crippen molar-refractivity contribution in [2.24, 2.45) is 0 Å². The van der Waals surface area contributed by atoms with Crippen molar-refractivity contribution in [1.82, 2.24) is 0 Å². The Morgan fingerprint density at radius 3 is 2.20 bits per heavy atom. The molecule has 1 rings (SSSR count). The number of rotatable bonds is 0. The molecule has 1 aromatic carbocycles. The number of aryl methyl sites for hydroxylation is 2. The van der Waals surface area contributed by atoms with Crippen molar-refractivity contribution in [3.05, 3.63) is 35.4 Å². The molecule has 0 aliphatic heterocycles. The van der Waals surface area contributed by atoms with Crippen LogP contribution in [0.25, 0.3) is 0 Å². The maximum atomic E-state index is 3.10. The van der Waals surface area contributed by atoms with Crippen molar-refractivity contribution in [3.8, 4) is 0 Å². The topological polar surface area (TPSA) is 0 Å². The Bertz CT molecular complexity index is 148. The summed E-state index contributed by atoms with van der Waals surface area (Å²) in [6.45, 7) is 4.11. The summed E-state index contributed by atoms with van der Waals surface area (Å²) in [5.41, 5.74) is 2.48. The molecule has 0 amide bonds. The van der Waals surface area contributed by atoms with Gasteiger partial charge in [-0.2, -0.15) is 35.4 Å². The fourth-order valence-corrected chi connectivity index (χ4v) is 0.580. The van der Waals surface area contributed by atoms with E-state index >= 15 is 0 Å². The molecule has 0 aliphatic carbocycles. The van der Waals surface area contributed by atoms with Gasteiger partial charge in [0.15, 0.2) is 0 Å². The molecule has 0 saturated carbocycles. The molecule has 0 aromatic heterocycles. The van der Waals surface area contributed by atoms with Crippen LogP contribution in [0.4, 0.5) is 0 Å². The molecule has 0 saturated heterocycles. The molecular weight excluding hydrogens is 288 g/mol. The Labute approximate surface area is 83.3 Å². The van der Waals surface area contributed by atoms with Crippen LogP contribution in [0.1, 0.15) is 11.1 Å². The third kappa shape index (κ3) is 4.40. The van der Waals surface area contributed by atoms with Gasteiger partial charge in [-0.1, -0.05) is 13.8 Å². The van der Waals surface area contributed by atoms with Gasteiger partial charge in [-0.05, 0) is 0 Å². The van der Waals surface area contributed by atoms with E-state index in [2.05, 4.69) is 44.9 Å². The van der Waals surface area contributed by atoms with E-state index in [0.29, 0.717) is 0 Å². The summed E-state index contributed by atoms with van der Waals surface area (Å²) in [6.07, 6.45) is 0. The van der Waals surface area contributed by atoms with Gasteiger partial charge in [-0.25, -0.2) is 0 Å². The third-order valence-corrected chi connectivity index (χ3v) is 1.12. The van der Waals surface area contributed by atoms with Gasteiger partial charge in [-0.15, -0.1) is 0 Å². The minimum absolute atomic E-state index is 1.20. The molecule has 0 nitrogen and oxygen atoms in total. The Hall–Kier alpha value is 0.573. The second-order valence-electron chi connectivity index (χ2n) is 2.05. The van der Waals surface area contributed by atoms with Crippen LogP contribution >= 0.6 is 19.8 Å². The first-order chi connectivity index (χ1) is 4.79. The Kier molecular flexibility index (Phi) is 6.66. The minimum atomic E-state index is 1.20. The molecule has 0 spiro atoms. The van der Waals surface area contributed by atoms with Gasteiger partial charge in [0, 0.05) is 0 Å². The van der Waals surface area contributed by atoms with E-state index in [-0.39, 0.29) is 0 Å². The zero-order valence-corrected chi connectivity index (χ0v) is 11.4. The van der Waals surface area contributed by atoms with Gasteiger partial charge in [-0.3, -0.25) is 0 Å². The molecule has 0 heterocycles. The van der Waals surface area contributed by atoms with Crippen LogP contribution in [0.2, 0.25) is 0 Å². The van der Waals surface area contributed by atoms with Gasteiger partial charge in [0.2, 0.25) is 0 Å². The molecule has 0 unspecified atom stereocenters. The number of hydrogen-bond donors (Lipinski definition) is 0. The molecule has 0 N–H and O–H groups in total. The van der Waals surface area contributed by atoms with E-state index in [4.69, 9.17) is 0 Å². The van der Waals surface area contributed by atoms with Crippen LogP contribution in [0.3, 0.4) is 0 Å². The zero-order chi connectivity index (χ0) is 7.98. The van der Waals surface area contributed by atoms with Crippen molar-refractivity contribution >= 4 is 19.8 Å². The van der Waals surface area contributed by atoms with Crippen LogP contribution in [0, 0.1) is 19.9 Å². The fraction of sp³-hybridized carbons (Fsp3) is 0.250. The number of halogens is 1.